The number of rotatable bonds is 6. The van der Waals surface area contributed by atoms with E-state index in [4.69, 9.17) is 17.3 Å². The number of halogens is 1. The fourth-order valence-electron chi connectivity index (χ4n) is 4.06. The van der Waals surface area contributed by atoms with Gasteiger partial charge in [-0.3, -0.25) is 9.36 Å². The zero-order valence-electron chi connectivity index (χ0n) is 20.1. The van der Waals surface area contributed by atoms with Gasteiger partial charge in [-0.15, -0.1) is 0 Å². The Bertz CT molecular complexity index is 1250. The van der Waals surface area contributed by atoms with Gasteiger partial charge in [0.15, 0.2) is 5.11 Å². The Hall–Kier alpha value is -3.52. The SMILES string of the molecule is Cc1ccccc1Cn1nc(C)c(NC(=S)Nc2c(C)nn(Cc3ccccc3F)c2C)c1C. The number of anilines is 2. The molecule has 2 heterocycles. The molecule has 8 heteroatoms. The van der Waals surface area contributed by atoms with E-state index in [0.29, 0.717) is 23.8 Å². The van der Waals surface area contributed by atoms with E-state index in [9.17, 15) is 4.39 Å². The van der Waals surface area contributed by atoms with Crippen molar-refractivity contribution in [3.05, 3.63) is 93.8 Å². The van der Waals surface area contributed by atoms with E-state index in [1.165, 1.54) is 17.2 Å². The summed E-state index contributed by atoms with van der Waals surface area (Å²) in [7, 11) is 0. The van der Waals surface area contributed by atoms with Crippen LogP contribution in [-0.2, 0) is 13.1 Å². The molecule has 0 saturated carbocycles. The van der Waals surface area contributed by atoms with Gasteiger partial charge < -0.3 is 10.6 Å². The van der Waals surface area contributed by atoms with Gasteiger partial charge in [0.1, 0.15) is 5.82 Å². The fraction of sp³-hybridized carbons (Fsp3) is 0.269. The summed E-state index contributed by atoms with van der Waals surface area (Å²) >= 11 is 5.62. The zero-order chi connectivity index (χ0) is 24.4. The summed E-state index contributed by atoms with van der Waals surface area (Å²) in [6.45, 7) is 11.0. The van der Waals surface area contributed by atoms with E-state index in [1.54, 1.807) is 16.8 Å². The van der Waals surface area contributed by atoms with Gasteiger partial charge in [0.05, 0.1) is 47.2 Å². The topological polar surface area (TPSA) is 59.7 Å². The average Bonchev–Trinajstić information content (AvgIpc) is 3.21. The highest BCUT2D eigenvalue weighted by Gasteiger charge is 2.17. The molecule has 0 aliphatic rings. The Labute approximate surface area is 204 Å². The second kappa shape index (κ2) is 9.77. The van der Waals surface area contributed by atoms with Gasteiger partial charge in [-0.25, -0.2) is 4.39 Å². The molecule has 176 valence electrons. The van der Waals surface area contributed by atoms with Crippen LogP contribution in [0.5, 0.6) is 0 Å². The molecule has 34 heavy (non-hydrogen) atoms. The Kier molecular flexibility index (Phi) is 6.79. The van der Waals surface area contributed by atoms with Crippen molar-refractivity contribution in [2.24, 2.45) is 0 Å². The van der Waals surface area contributed by atoms with Gasteiger partial charge in [-0.05, 0) is 64.0 Å². The number of nitrogens with one attached hydrogen (secondary N) is 2. The highest BCUT2D eigenvalue weighted by molar-refractivity contribution is 7.80. The van der Waals surface area contributed by atoms with Crippen LogP contribution in [0.2, 0.25) is 0 Å². The predicted octanol–water partition coefficient (Wildman–Crippen LogP) is 5.67. The van der Waals surface area contributed by atoms with E-state index in [0.717, 1.165) is 34.2 Å². The average molecular weight is 477 g/mol. The highest BCUT2D eigenvalue weighted by atomic mass is 32.1. The van der Waals surface area contributed by atoms with Gasteiger partial charge in [0.25, 0.3) is 0 Å². The van der Waals surface area contributed by atoms with E-state index >= 15 is 0 Å². The first-order valence-corrected chi connectivity index (χ1v) is 11.6. The van der Waals surface area contributed by atoms with Crippen LogP contribution >= 0.6 is 12.2 Å². The van der Waals surface area contributed by atoms with Crippen molar-refractivity contribution in [2.45, 2.75) is 47.7 Å². The lowest BCUT2D eigenvalue weighted by Gasteiger charge is -2.12. The van der Waals surface area contributed by atoms with Crippen molar-refractivity contribution in [3.63, 3.8) is 0 Å². The minimum Gasteiger partial charge on any atom is -0.329 e. The fourth-order valence-corrected chi connectivity index (χ4v) is 4.26. The van der Waals surface area contributed by atoms with E-state index < -0.39 is 0 Å². The first kappa shape index (κ1) is 23.6. The molecule has 0 aliphatic carbocycles. The number of aryl methyl sites for hydroxylation is 3. The number of nitrogens with zero attached hydrogens (tertiary/aromatic N) is 4. The van der Waals surface area contributed by atoms with Crippen LogP contribution in [0.3, 0.4) is 0 Å². The molecule has 0 saturated heterocycles. The zero-order valence-corrected chi connectivity index (χ0v) is 20.9. The second-order valence-corrected chi connectivity index (χ2v) is 8.91. The van der Waals surface area contributed by atoms with Crippen molar-refractivity contribution >= 4 is 28.7 Å². The molecule has 2 N–H and O–H groups in total. The third kappa shape index (κ3) is 4.87. The first-order valence-electron chi connectivity index (χ1n) is 11.2. The van der Waals surface area contributed by atoms with Crippen LogP contribution in [0.15, 0.2) is 48.5 Å². The Morgan fingerprint density at radius 2 is 1.24 bits per heavy atom. The molecule has 0 bridgehead atoms. The van der Waals surface area contributed by atoms with Gasteiger partial charge in [0.2, 0.25) is 0 Å². The maximum absolute atomic E-state index is 14.1. The van der Waals surface area contributed by atoms with Crippen molar-refractivity contribution in [2.75, 3.05) is 10.6 Å². The monoisotopic (exact) mass is 476 g/mol. The summed E-state index contributed by atoms with van der Waals surface area (Å²) in [4.78, 5) is 0. The summed E-state index contributed by atoms with van der Waals surface area (Å²) in [5.74, 6) is -0.240. The van der Waals surface area contributed by atoms with Crippen molar-refractivity contribution in [3.8, 4) is 0 Å². The normalized spacial score (nSPS) is 11.0. The minimum atomic E-state index is -0.240. The Morgan fingerprint density at radius 3 is 1.76 bits per heavy atom. The van der Waals surface area contributed by atoms with E-state index in [2.05, 4.69) is 34.8 Å². The van der Waals surface area contributed by atoms with Gasteiger partial charge in [0, 0.05) is 5.56 Å². The Balaban J connectivity index is 1.49. The molecule has 0 spiro atoms. The summed E-state index contributed by atoms with van der Waals surface area (Å²) in [6, 6.07) is 15.1. The molecular formula is C26H29FN6S. The summed E-state index contributed by atoms with van der Waals surface area (Å²) < 4.78 is 17.9. The molecule has 0 atom stereocenters. The van der Waals surface area contributed by atoms with E-state index in [-0.39, 0.29) is 5.82 Å². The van der Waals surface area contributed by atoms with Gasteiger partial charge in [-0.2, -0.15) is 10.2 Å². The third-order valence-corrected chi connectivity index (χ3v) is 6.30. The number of hydrogen-bond donors (Lipinski definition) is 2. The molecule has 0 radical (unpaired) electrons. The van der Waals surface area contributed by atoms with Crippen LogP contribution in [-0.4, -0.2) is 24.7 Å². The summed E-state index contributed by atoms with van der Waals surface area (Å²) in [6.07, 6.45) is 0. The molecule has 0 fully saturated rings. The van der Waals surface area contributed by atoms with Crippen LogP contribution in [0.4, 0.5) is 15.8 Å². The Morgan fingerprint density at radius 1 is 0.765 bits per heavy atom. The molecule has 0 aliphatic heterocycles. The molecule has 2 aromatic heterocycles. The highest BCUT2D eigenvalue weighted by Crippen LogP contribution is 2.24. The van der Waals surface area contributed by atoms with Crippen LogP contribution in [0, 0.1) is 40.4 Å². The number of hydrogen-bond acceptors (Lipinski definition) is 3. The largest absolute Gasteiger partial charge is 0.329 e. The molecule has 6 nitrogen and oxygen atoms in total. The van der Waals surface area contributed by atoms with Crippen LogP contribution in [0.1, 0.15) is 39.5 Å². The number of thiocarbonyl (C=S) groups is 1. The van der Waals surface area contributed by atoms with Crippen LogP contribution in [0.25, 0.3) is 0 Å². The standard InChI is InChI=1S/C26H29FN6S/c1-16-10-6-7-11-21(16)14-32-19(4)24(17(2)30-32)28-26(34)29-25-18(3)31-33(20(25)5)15-22-12-8-9-13-23(22)27/h6-13H,14-15H2,1-5H3,(H2,28,29,34). The molecule has 0 unspecified atom stereocenters. The number of aromatic nitrogens is 4. The van der Waals surface area contributed by atoms with E-state index in [1.807, 2.05) is 50.6 Å². The molecule has 4 aromatic rings. The predicted molar refractivity (Wildman–Crippen MR) is 139 cm³/mol. The molecule has 0 amide bonds. The lowest BCUT2D eigenvalue weighted by Crippen LogP contribution is -2.21. The molecule has 4 rings (SSSR count). The summed E-state index contributed by atoms with van der Waals surface area (Å²) in [5, 5.41) is 16.3. The third-order valence-electron chi connectivity index (χ3n) is 6.10. The maximum Gasteiger partial charge on any atom is 0.175 e. The molecule has 2 aromatic carbocycles. The second-order valence-electron chi connectivity index (χ2n) is 8.50. The van der Waals surface area contributed by atoms with Crippen molar-refractivity contribution in [1.29, 1.82) is 0 Å². The first-order chi connectivity index (χ1) is 16.2. The van der Waals surface area contributed by atoms with Crippen molar-refractivity contribution in [1.82, 2.24) is 19.6 Å². The number of benzene rings is 2. The molecular weight excluding hydrogens is 447 g/mol. The minimum absolute atomic E-state index is 0.240. The smallest absolute Gasteiger partial charge is 0.175 e. The van der Waals surface area contributed by atoms with Crippen LogP contribution < -0.4 is 10.6 Å². The van der Waals surface area contributed by atoms with Gasteiger partial charge in [-0.1, -0.05) is 42.5 Å². The lowest BCUT2D eigenvalue weighted by molar-refractivity contribution is 0.579. The lowest BCUT2D eigenvalue weighted by atomic mass is 10.1. The van der Waals surface area contributed by atoms with Gasteiger partial charge >= 0.3 is 0 Å². The van der Waals surface area contributed by atoms with Crippen molar-refractivity contribution < 1.29 is 4.39 Å². The quantitative estimate of drug-likeness (QED) is 0.351. The maximum atomic E-state index is 14.1. The summed E-state index contributed by atoms with van der Waals surface area (Å²) in [5.41, 5.74) is 8.32.